The molecule has 152 valence electrons. The van der Waals surface area contributed by atoms with E-state index in [4.69, 9.17) is 9.16 Å². The minimum Gasteiger partial charge on any atom is -0.544 e. The van der Waals surface area contributed by atoms with E-state index < -0.39 is 8.32 Å². The molecule has 0 fully saturated rings. The quantitative estimate of drug-likeness (QED) is 0.222. The fourth-order valence-corrected chi connectivity index (χ4v) is 3.84. The SMILES string of the molecule is CCCCCCCCOc1ccc(C(=O)c2ccccc2)c(O[Si](C)(C)C)c1. The molecule has 3 nitrogen and oxygen atoms in total. The second-order valence-corrected chi connectivity index (χ2v) is 12.6. The molecule has 0 saturated carbocycles. The van der Waals surface area contributed by atoms with Gasteiger partial charge in [-0.15, -0.1) is 0 Å². The van der Waals surface area contributed by atoms with Crippen LogP contribution in [0.15, 0.2) is 48.5 Å². The summed E-state index contributed by atoms with van der Waals surface area (Å²) in [4.78, 5) is 12.9. The van der Waals surface area contributed by atoms with Crippen molar-refractivity contribution in [1.29, 1.82) is 0 Å². The molecule has 4 heteroatoms. The Morgan fingerprint density at radius 2 is 1.57 bits per heavy atom. The maximum absolute atomic E-state index is 12.9. The van der Waals surface area contributed by atoms with Crippen molar-refractivity contribution in [3.8, 4) is 11.5 Å². The Balaban J connectivity index is 2.07. The van der Waals surface area contributed by atoms with E-state index in [0.29, 0.717) is 23.5 Å². The zero-order chi connectivity index (χ0) is 20.4. The highest BCUT2D eigenvalue weighted by Gasteiger charge is 2.22. The topological polar surface area (TPSA) is 35.5 Å². The first-order valence-electron chi connectivity index (χ1n) is 10.5. The van der Waals surface area contributed by atoms with Crippen molar-refractivity contribution in [2.45, 2.75) is 65.1 Å². The van der Waals surface area contributed by atoms with Crippen LogP contribution in [0.3, 0.4) is 0 Å². The van der Waals surface area contributed by atoms with Gasteiger partial charge in [-0.2, -0.15) is 0 Å². The van der Waals surface area contributed by atoms with Crippen LogP contribution < -0.4 is 9.16 Å². The van der Waals surface area contributed by atoms with E-state index in [1.54, 1.807) is 0 Å². The average molecular weight is 399 g/mol. The van der Waals surface area contributed by atoms with Gasteiger partial charge in [0.05, 0.1) is 12.2 Å². The highest BCUT2D eigenvalue weighted by atomic mass is 28.4. The number of hydrogen-bond acceptors (Lipinski definition) is 3. The Bertz CT molecular complexity index is 735. The molecule has 0 heterocycles. The van der Waals surface area contributed by atoms with Crippen LogP contribution in [0.25, 0.3) is 0 Å². The summed E-state index contributed by atoms with van der Waals surface area (Å²) in [5.74, 6) is 1.39. The van der Waals surface area contributed by atoms with Crippen molar-refractivity contribution in [2.24, 2.45) is 0 Å². The Morgan fingerprint density at radius 1 is 0.893 bits per heavy atom. The first kappa shape index (κ1) is 22.2. The normalized spacial score (nSPS) is 11.3. The van der Waals surface area contributed by atoms with Gasteiger partial charge in [-0.05, 0) is 38.2 Å². The first-order chi connectivity index (χ1) is 13.4. The fraction of sp³-hybridized carbons (Fsp3) is 0.458. The van der Waals surface area contributed by atoms with Gasteiger partial charge in [-0.25, -0.2) is 0 Å². The molecular formula is C24H34O3Si. The summed E-state index contributed by atoms with van der Waals surface area (Å²) in [6.07, 6.45) is 7.41. The summed E-state index contributed by atoms with van der Waals surface area (Å²) in [7, 11) is -1.86. The van der Waals surface area contributed by atoms with Gasteiger partial charge in [0.15, 0.2) is 5.78 Å². The zero-order valence-electron chi connectivity index (χ0n) is 17.8. The monoisotopic (exact) mass is 398 g/mol. The lowest BCUT2D eigenvalue weighted by atomic mass is 10.0. The number of hydrogen-bond donors (Lipinski definition) is 0. The minimum absolute atomic E-state index is 0.0173. The summed E-state index contributed by atoms with van der Waals surface area (Å²) in [5, 5.41) is 0. The predicted octanol–water partition coefficient (Wildman–Crippen LogP) is 6.87. The fourth-order valence-electron chi connectivity index (χ4n) is 3.01. The summed E-state index contributed by atoms with van der Waals surface area (Å²) >= 11 is 0. The van der Waals surface area contributed by atoms with Gasteiger partial charge in [0.25, 0.3) is 0 Å². The lowest BCUT2D eigenvalue weighted by Gasteiger charge is -2.22. The minimum atomic E-state index is -1.86. The smallest absolute Gasteiger partial charge is 0.242 e. The van der Waals surface area contributed by atoms with E-state index in [2.05, 4.69) is 26.6 Å². The molecule has 0 aliphatic heterocycles. The van der Waals surface area contributed by atoms with Crippen LogP contribution in [0.1, 0.15) is 61.4 Å². The van der Waals surface area contributed by atoms with E-state index in [-0.39, 0.29) is 5.78 Å². The van der Waals surface area contributed by atoms with Crippen molar-refractivity contribution >= 4 is 14.1 Å². The van der Waals surface area contributed by atoms with Crippen molar-refractivity contribution in [1.82, 2.24) is 0 Å². The summed E-state index contributed by atoms with van der Waals surface area (Å²) in [6, 6.07) is 14.9. The molecule has 0 radical (unpaired) electrons. The number of carbonyl (C=O) groups is 1. The van der Waals surface area contributed by atoms with E-state index in [1.807, 2.05) is 48.5 Å². The third-order valence-corrected chi connectivity index (χ3v) is 5.25. The highest BCUT2D eigenvalue weighted by Crippen LogP contribution is 2.29. The van der Waals surface area contributed by atoms with Crippen LogP contribution in [-0.2, 0) is 0 Å². The van der Waals surface area contributed by atoms with Gasteiger partial charge in [-0.3, -0.25) is 4.79 Å². The molecule has 0 unspecified atom stereocenters. The predicted molar refractivity (Wildman–Crippen MR) is 119 cm³/mol. The first-order valence-corrected chi connectivity index (χ1v) is 13.9. The maximum atomic E-state index is 12.9. The molecule has 2 aromatic rings. The molecule has 0 atom stereocenters. The van der Waals surface area contributed by atoms with Gasteiger partial charge in [-0.1, -0.05) is 69.4 Å². The molecule has 0 amide bonds. The molecule has 0 spiro atoms. The Kier molecular flexibility index (Phi) is 8.77. The number of carbonyl (C=O) groups excluding carboxylic acids is 1. The van der Waals surface area contributed by atoms with Gasteiger partial charge < -0.3 is 9.16 Å². The Hall–Kier alpha value is -2.07. The molecule has 0 saturated heterocycles. The lowest BCUT2D eigenvalue weighted by molar-refractivity contribution is 0.103. The second kappa shape index (κ2) is 11.1. The molecule has 0 bridgehead atoms. The van der Waals surface area contributed by atoms with Crippen molar-refractivity contribution in [3.05, 3.63) is 59.7 Å². The third-order valence-electron chi connectivity index (χ3n) is 4.42. The van der Waals surface area contributed by atoms with Gasteiger partial charge in [0.2, 0.25) is 8.32 Å². The molecule has 28 heavy (non-hydrogen) atoms. The molecule has 0 aliphatic rings. The van der Waals surface area contributed by atoms with Crippen molar-refractivity contribution in [3.63, 3.8) is 0 Å². The van der Waals surface area contributed by atoms with E-state index in [9.17, 15) is 4.79 Å². The molecular weight excluding hydrogens is 364 g/mol. The largest absolute Gasteiger partial charge is 0.544 e. The van der Waals surface area contributed by atoms with Crippen LogP contribution in [0.4, 0.5) is 0 Å². The number of ketones is 1. The van der Waals surface area contributed by atoms with Crippen LogP contribution in [-0.4, -0.2) is 20.7 Å². The standard InChI is InChI=1S/C24H34O3Si/c1-5-6-7-8-9-13-18-26-21-16-17-22(23(19-21)27-28(2,3)4)24(25)20-14-11-10-12-15-20/h10-12,14-17,19H,5-9,13,18H2,1-4H3. The highest BCUT2D eigenvalue weighted by molar-refractivity contribution is 6.70. The Morgan fingerprint density at radius 3 is 2.25 bits per heavy atom. The van der Waals surface area contributed by atoms with Crippen LogP contribution in [0.2, 0.25) is 19.6 Å². The zero-order valence-corrected chi connectivity index (χ0v) is 18.8. The number of rotatable bonds is 12. The molecule has 2 rings (SSSR count). The second-order valence-electron chi connectivity index (χ2n) is 8.18. The van der Waals surface area contributed by atoms with Crippen LogP contribution in [0.5, 0.6) is 11.5 Å². The molecule has 2 aromatic carbocycles. The van der Waals surface area contributed by atoms with Crippen LogP contribution >= 0.6 is 0 Å². The molecule has 0 N–H and O–H groups in total. The van der Waals surface area contributed by atoms with Crippen molar-refractivity contribution < 1.29 is 14.0 Å². The summed E-state index contributed by atoms with van der Waals surface area (Å²) < 4.78 is 12.2. The van der Waals surface area contributed by atoms with Crippen molar-refractivity contribution in [2.75, 3.05) is 6.61 Å². The van der Waals surface area contributed by atoms with Gasteiger partial charge in [0.1, 0.15) is 11.5 Å². The number of unbranched alkanes of at least 4 members (excludes halogenated alkanes) is 5. The van der Waals surface area contributed by atoms with Gasteiger partial charge in [0, 0.05) is 11.6 Å². The average Bonchev–Trinajstić information content (AvgIpc) is 2.66. The number of benzene rings is 2. The molecule has 0 aliphatic carbocycles. The summed E-state index contributed by atoms with van der Waals surface area (Å²) in [5.41, 5.74) is 1.27. The van der Waals surface area contributed by atoms with E-state index in [1.165, 1.54) is 32.1 Å². The number of ether oxygens (including phenoxy) is 1. The molecule has 0 aromatic heterocycles. The van der Waals surface area contributed by atoms with E-state index in [0.717, 1.165) is 12.2 Å². The third kappa shape index (κ3) is 7.51. The van der Waals surface area contributed by atoms with E-state index >= 15 is 0 Å². The Labute approximate surface area is 171 Å². The lowest BCUT2D eigenvalue weighted by Crippen LogP contribution is -2.30. The van der Waals surface area contributed by atoms with Crippen LogP contribution in [0, 0.1) is 0 Å². The summed E-state index contributed by atoms with van der Waals surface area (Å²) in [6.45, 7) is 9.29. The van der Waals surface area contributed by atoms with Gasteiger partial charge >= 0.3 is 0 Å². The maximum Gasteiger partial charge on any atom is 0.242 e.